The Morgan fingerprint density at radius 3 is 2.73 bits per heavy atom. The highest BCUT2D eigenvalue weighted by Gasteiger charge is 2.09. The third-order valence-corrected chi connectivity index (χ3v) is 4.00. The van der Waals surface area contributed by atoms with Gasteiger partial charge in [-0.3, -0.25) is 9.59 Å². The molecule has 0 saturated heterocycles. The Kier molecular flexibility index (Phi) is 12.2. The number of anilines is 1. The zero-order chi connectivity index (χ0) is 22.4. The van der Waals surface area contributed by atoms with Crippen LogP contribution >= 0.6 is 11.6 Å². The molecule has 0 aromatic carbocycles. The molecule has 0 spiro atoms. The van der Waals surface area contributed by atoms with Crippen molar-refractivity contribution in [3.05, 3.63) is 29.2 Å². The molecule has 1 aromatic heterocycles. The van der Waals surface area contributed by atoms with Gasteiger partial charge in [-0.2, -0.15) is 4.98 Å². The van der Waals surface area contributed by atoms with Gasteiger partial charge in [-0.05, 0) is 38.5 Å². The van der Waals surface area contributed by atoms with Gasteiger partial charge in [0.15, 0.2) is 0 Å². The summed E-state index contributed by atoms with van der Waals surface area (Å²) in [4.78, 5) is 35.3. The summed E-state index contributed by atoms with van der Waals surface area (Å²) in [6.07, 6.45) is 7.12. The van der Waals surface area contributed by atoms with Crippen molar-refractivity contribution in [1.82, 2.24) is 25.1 Å². The highest BCUT2D eigenvalue weighted by Crippen LogP contribution is 2.13. The van der Waals surface area contributed by atoms with Crippen LogP contribution < -0.4 is 10.6 Å². The zero-order valence-electron chi connectivity index (χ0n) is 18.2. The van der Waals surface area contributed by atoms with Gasteiger partial charge in [0.2, 0.25) is 17.1 Å². The van der Waals surface area contributed by atoms with E-state index in [0.29, 0.717) is 37.3 Å². The Hall–Kier alpha value is -2.63. The first-order valence-electron chi connectivity index (χ1n) is 9.91. The predicted molar refractivity (Wildman–Crippen MR) is 120 cm³/mol. The molecule has 0 fully saturated rings. The van der Waals surface area contributed by atoms with Crippen molar-refractivity contribution in [3.63, 3.8) is 0 Å². The number of aromatic nitrogens is 2. The van der Waals surface area contributed by atoms with Crippen molar-refractivity contribution in [2.24, 2.45) is 0 Å². The Labute approximate surface area is 184 Å². The Morgan fingerprint density at radius 2 is 2.03 bits per heavy atom. The first kappa shape index (κ1) is 25.4. The van der Waals surface area contributed by atoms with E-state index >= 15 is 0 Å². The Bertz CT molecular complexity index is 785. The van der Waals surface area contributed by atoms with Crippen LogP contribution in [0.2, 0.25) is 5.28 Å². The fraction of sp³-hybridized carbons (Fsp3) is 0.524. The van der Waals surface area contributed by atoms with E-state index in [2.05, 4.69) is 39.4 Å². The molecule has 0 aliphatic rings. The molecule has 0 aliphatic carbocycles. The number of carbonyl (C=O) groups excluding carboxylic acids is 2. The lowest BCUT2D eigenvalue weighted by atomic mass is 10.2. The molecule has 0 bridgehead atoms. The summed E-state index contributed by atoms with van der Waals surface area (Å²) in [7, 11) is 5.44. The fourth-order valence-electron chi connectivity index (χ4n) is 2.23. The van der Waals surface area contributed by atoms with E-state index in [1.807, 2.05) is 19.0 Å². The molecule has 0 radical (unpaired) electrons. The topological polar surface area (TPSA) is 90.5 Å². The van der Waals surface area contributed by atoms with Crippen molar-refractivity contribution in [2.75, 3.05) is 52.6 Å². The molecule has 9 heteroatoms. The minimum Gasteiger partial charge on any atom is -0.369 e. The van der Waals surface area contributed by atoms with Crippen LogP contribution in [0.5, 0.6) is 0 Å². The average molecular weight is 435 g/mol. The van der Waals surface area contributed by atoms with Crippen LogP contribution in [-0.4, -0.2) is 78.9 Å². The molecule has 0 atom stereocenters. The minimum atomic E-state index is -0.199. The van der Waals surface area contributed by atoms with Gasteiger partial charge in [-0.1, -0.05) is 24.8 Å². The van der Waals surface area contributed by atoms with E-state index in [-0.39, 0.29) is 23.6 Å². The van der Waals surface area contributed by atoms with Crippen molar-refractivity contribution in [3.8, 4) is 11.8 Å². The van der Waals surface area contributed by atoms with Crippen LogP contribution in [0.1, 0.15) is 31.7 Å². The molecule has 1 heterocycles. The molecule has 2 N–H and O–H groups in total. The summed E-state index contributed by atoms with van der Waals surface area (Å²) in [5.41, 5.74) is 0.694. The number of nitrogens with zero attached hydrogens (tertiary/aromatic N) is 4. The second-order valence-corrected chi connectivity index (χ2v) is 7.28. The van der Waals surface area contributed by atoms with Crippen LogP contribution in [-0.2, 0) is 9.59 Å². The number of rotatable bonds is 11. The lowest BCUT2D eigenvalue weighted by molar-refractivity contribution is -0.131. The largest absolute Gasteiger partial charge is 0.369 e. The van der Waals surface area contributed by atoms with Crippen molar-refractivity contribution >= 4 is 29.2 Å². The summed E-state index contributed by atoms with van der Waals surface area (Å²) in [5, 5.41) is 6.16. The van der Waals surface area contributed by atoms with Crippen LogP contribution in [0.4, 0.5) is 5.82 Å². The van der Waals surface area contributed by atoms with E-state index < -0.39 is 0 Å². The lowest BCUT2D eigenvalue weighted by Crippen LogP contribution is -2.38. The summed E-state index contributed by atoms with van der Waals surface area (Å²) < 4.78 is 0. The van der Waals surface area contributed by atoms with Crippen LogP contribution in [0.3, 0.4) is 0 Å². The highest BCUT2D eigenvalue weighted by atomic mass is 35.5. The first-order chi connectivity index (χ1) is 14.3. The Balaban J connectivity index is 2.35. The number of amides is 2. The predicted octanol–water partition coefficient (Wildman–Crippen LogP) is 1.78. The van der Waals surface area contributed by atoms with Gasteiger partial charge in [0.05, 0.1) is 12.1 Å². The summed E-state index contributed by atoms with van der Waals surface area (Å²) in [5.74, 6) is 6.33. The van der Waals surface area contributed by atoms with Crippen LogP contribution in [0.25, 0.3) is 0 Å². The van der Waals surface area contributed by atoms with Crippen molar-refractivity contribution in [1.29, 1.82) is 0 Å². The molecule has 0 saturated carbocycles. The monoisotopic (exact) mass is 434 g/mol. The number of hydrogen-bond donors (Lipinski definition) is 2. The molecule has 30 heavy (non-hydrogen) atoms. The highest BCUT2D eigenvalue weighted by molar-refractivity contribution is 6.28. The fourth-order valence-corrected chi connectivity index (χ4v) is 2.37. The second-order valence-electron chi connectivity index (χ2n) is 6.94. The normalized spacial score (nSPS) is 10.6. The van der Waals surface area contributed by atoms with Gasteiger partial charge < -0.3 is 20.4 Å². The first-order valence-corrected chi connectivity index (χ1v) is 10.3. The molecular weight excluding hydrogens is 404 g/mol. The summed E-state index contributed by atoms with van der Waals surface area (Å²) in [6.45, 7) is 4.02. The quantitative estimate of drug-likeness (QED) is 0.239. The maximum Gasteiger partial charge on any atom is 0.246 e. The second kappa shape index (κ2) is 14.4. The molecule has 1 rings (SSSR count). The molecule has 1 aromatic rings. The van der Waals surface area contributed by atoms with E-state index in [9.17, 15) is 9.59 Å². The molecule has 2 amide bonds. The third-order valence-electron chi connectivity index (χ3n) is 3.81. The molecule has 164 valence electrons. The molecule has 0 aliphatic heterocycles. The van der Waals surface area contributed by atoms with Crippen LogP contribution in [0, 0.1) is 11.8 Å². The van der Waals surface area contributed by atoms with Gasteiger partial charge in [0.25, 0.3) is 0 Å². The molecule has 8 nitrogen and oxygen atoms in total. The van der Waals surface area contributed by atoms with Crippen molar-refractivity contribution < 1.29 is 9.59 Å². The lowest BCUT2D eigenvalue weighted by Gasteiger charge is -2.14. The maximum absolute atomic E-state index is 12.0. The van der Waals surface area contributed by atoms with Gasteiger partial charge in [0.1, 0.15) is 5.82 Å². The standard InChI is InChI=1S/C21H31ClN6O2/c1-5-12-24-20-17(15-25-21(22)26-20)10-7-6-8-13-23-18(29)16-28(4)19(30)11-9-14-27(2)3/h9,11,15H,5-6,8,12-14,16H2,1-4H3,(H,23,29)(H,24,25,26)/b11-9+. The number of likely N-dealkylation sites (N-methyl/N-ethyl adjacent to an activating group) is 2. The number of hydrogen-bond acceptors (Lipinski definition) is 6. The Morgan fingerprint density at radius 1 is 1.27 bits per heavy atom. The van der Waals surface area contributed by atoms with Crippen LogP contribution in [0.15, 0.2) is 18.3 Å². The van der Waals surface area contributed by atoms with E-state index in [0.717, 1.165) is 13.0 Å². The number of carbonyl (C=O) groups is 2. The molecule has 0 unspecified atom stereocenters. The van der Waals surface area contributed by atoms with Gasteiger partial charge in [0, 0.05) is 45.4 Å². The summed E-state index contributed by atoms with van der Waals surface area (Å²) >= 11 is 5.84. The number of unbranched alkanes of at least 4 members (excludes halogenated alkanes) is 1. The maximum atomic E-state index is 12.0. The van der Waals surface area contributed by atoms with E-state index in [1.54, 1.807) is 19.3 Å². The van der Waals surface area contributed by atoms with Gasteiger partial charge >= 0.3 is 0 Å². The SMILES string of the molecule is CCCNc1nc(Cl)ncc1C#CCCCNC(=O)CN(C)C(=O)/C=C/CN(C)C. The zero-order valence-corrected chi connectivity index (χ0v) is 18.9. The third kappa shape index (κ3) is 10.8. The van der Waals surface area contributed by atoms with E-state index in [1.165, 1.54) is 11.0 Å². The number of halogens is 1. The smallest absolute Gasteiger partial charge is 0.246 e. The van der Waals surface area contributed by atoms with Gasteiger partial charge in [-0.15, -0.1) is 0 Å². The number of nitrogens with one attached hydrogen (secondary N) is 2. The van der Waals surface area contributed by atoms with Crippen molar-refractivity contribution in [2.45, 2.75) is 26.2 Å². The average Bonchev–Trinajstić information content (AvgIpc) is 2.69. The van der Waals surface area contributed by atoms with E-state index in [4.69, 9.17) is 11.6 Å². The molecular formula is C21H31ClN6O2. The minimum absolute atomic E-state index is 0.0192. The van der Waals surface area contributed by atoms with Gasteiger partial charge in [-0.25, -0.2) is 4.98 Å². The summed E-state index contributed by atoms with van der Waals surface area (Å²) in [6, 6.07) is 0.